The fourth-order valence-corrected chi connectivity index (χ4v) is 10.00. The molecule has 1 aliphatic heterocycles. The number of hydrogen-bond acceptors (Lipinski definition) is 1. The number of nitrogens with one attached hydrogen (secondary N) is 1. The SMILES string of the molecule is CS1(C)CCS(C)(C)N1. The molecule has 0 aromatic carbocycles. The van der Waals surface area contributed by atoms with E-state index in [4.69, 9.17) is 0 Å². The third-order valence-electron chi connectivity index (χ3n) is 1.56. The second-order valence-corrected chi connectivity index (χ2v) is 11.2. The summed E-state index contributed by atoms with van der Waals surface area (Å²) in [7, 11) is -0.734. The van der Waals surface area contributed by atoms with Crippen LogP contribution in [0.1, 0.15) is 0 Å². The van der Waals surface area contributed by atoms with Gasteiger partial charge in [0.05, 0.1) is 0 Å². The Morgan fingerprint density at radius 1 is 0.889 bits per heavy atom. The highest BCUT2D eigenvalue weighted by Gasteiger charge is 2.27. The first-order chi connectivity index (χ1) is 3.91. The summed E-state index contributed by atoms with van der Waals surface area (Å²) in [6, 6.07) is 0. The van der Waals surface area contributed by atoms with Crippen LogP contribution in [0.25, 0.3) is 0 Å². The molecule has 1 aliphatic rings. The van der Waals surface area contributed by atoms with E-state index in [1.165, 1.54) is 11.5 Å². The second kappa shape index (κ2) is 2.07. The lowest BCUT2D eigenvalue weighted by molar-refractivity contribution is 1.53. The standard InChI is InChI=1S/C6H17NS2/c1-8(2)5-6-9(3,4)7-8/h7H,5-6H2,1-4H3. The van der Waals surface area contributed by atoms with Gasteiger partial charge in [-0.05, 0) is 36.5 Å². The van der Waals surface area contributed by atoms with Gasteiger partial charge in [0.15, 0.2) is 0 Å². The van der Waals surface area contributed by atoms with Gasteiger partial charge in [0.1, 0.15) is 0 Å². The molecule has 0 bridgehead atoms. The normalized spacial score (nSPS) is 37.8. The van der Waals surface area contributed by atoms with Crippen molar-refractivity contribution in [1.82, 2.24) is 4.13 Å². The third kappa shape index (κ3) is 2.06. The Morgan fingerprint density at radius 3 is 1.33 bits per heavy atom. The average Bonchev–Trinajstić information content (AvgIpc) is 1.78. The van der Waals surface area contributed by atoms with Crippen LogP contribution in [-0.4, -0.2) is 36.5 Å². The highest BCUT2D eigenvalue weighted by atomic mass is 32.3. The van der Waals surface area contributed by atoms with Gasteiger partial charge in [0, 0.05) is 0 Å². The van der Waals surface area contributed by atoms with E-state index in [9.17, 15) is 0 Å². The van der Waals surface area contributed by atoms with Crippen LogP contribution in [0.3, 0.4) is 0 Å². The first-order valence-corrected chi connectivity index (χ1v) is 8.36. The predicted molar refractivity (Wildman–Crippen MR) is 51.7 cm³/mol. The summed E-state index contributed by atoms with van der Waals surface area (Å²) in [6.07, 6.45) is 9.48. The van der Waals surface area contributed by atoms with Crippen LogP contribution in [0.5, 0.6) is 0 Å². The van der Waals surface area contributed by atoms with Gasteiger partial charge >= 0.3 is 0 Å². The Kier molecular flexibility index (Phi) is 1.79. The molecule has 0 aliphatic carbocycles. The molecule has 9 heavy (non-hydrogen) atoms. The van der Waals surface area contributed by atoms with Crippen LogP contribution in [-0.2, 0) is 0 Å². The van der Waals surface area contributed by atoms with Crippen molar-refractivity contribution in [2.24, 2.45) is 0 Å². The molecule has 1 fully saturated rings. The zero-order valence-corrected chi connectivity index (χ0v) is 8.36. The summed E-state index contributed by atoms with van der Waals surface area (Å²) < 4.78 is 3.74. The molecule has 0 aromatic rings. The Balaban J connectivity index is 2.58. The zero-order chi connectivity index (χ0) is 7.12. The fourth-order valence-electron chi connectivity index (χ4n) is 1.11. The van der Waals surface area contributed by atoms with Crippen molar-refractivity contribution in [3.8, 4) is 0 Å². The fraction of sp³-hybridized carbons (Fsp3) is 1.00. The van der Waals surface area contributed by atoms with Crippen molar-refractivity contribution in [3.05, 3.63) is 0 Å². The highest BCUT2D eigenvalue weighted by Crippen LogP contribution is 2.56. The van der Waals surface area contributed by atoms with Crippen LogP contribution in [0, 0.1) is 0 Å². The molecular weight excluding hydrogens is 150 g/mol. The molecule has 3 heteroatoms. The van der Waals surface area contributed by atoms with Crippen LogP contribution < -0.4 is 4.13 Å². The van der Waals surface area contributed by atoms with E-state index in [0.29, 0.717) is 0 Å². The smallest absolute Gasteiger partial charge is 0.00193 e. The van der Waals surface area contributed by atoms with Crippen LogP contribution in [0.2, 0.25) is 0 Å². The minimum atomic E-state index is -0.367. The molecule has 1 rings (SSSR count). The van der Waals surface area contributed by atoms with Crippen molar-refractivity contribution >= 4 is 20.4 Å². The lowest BCUT2D eigenvalue weighted by atomic mass is 11.0. The molecule has 1 saturated heterocycles. The Bertz CT molecular complexity index is 106. The Labute approximate surface area is 61.5 Å². The molecule has 0 saturated carbocycles. The number of hydrogen-bond donors (Lipinski definition) is 1. The van der Waals surface area contributed by atoms with Crippen LogP contribution >= 0.6 is 20.4 Å². The maximum atomic E-state index is 3.74. The summed E-state index contributed by atoms with van der Waals surface area (Å²) in [6.45, 7) is 0. The van der Waals surface area contributed by atoms with Crippen molar-refractivity contribution in [2.45, 2.75) is 0 Å². The van der Waals surface area contributed by atoms with Gasteiger partial charge < -0.3 is 0 Å². The molecule has 0 spiro atoms. The summed E-state index contributed by atoms with van der Waals surface area (Å²) in [4.78, 5) is 0. The van der Waals surface area contributed by atoms with E-state index in [2.05, 4.69) is 29.2 Å². The molecule has 0 unspecified atom stereocenters. The molecule has 0 atom stereocenters. The third-order valence-corrected chi connectivity index (χ3v) is 7.87. The molecule has 1 nitrogen and oxygen atoms in total. The summed E-state index contributed by atoms with van der Waals surface area (Å²) in [5.41, 5.74) is 0. The van der Waals surface area contributed by atoms with E-state index >= 15 is 0 Å². The van der Waals surface area contributed by atoms with Crippen molar-refractivity contribution in [3.63, 3.8) is 0 Å². The van der Waals surface area contributed by atoms with Gasteiger partial charge in [-0.25, -0.2) is 4.13 Å². The topological polar surface area (TPSA) is 12.0 Å². The first-order valence-electron chi connectivity index (χ1n) is 3.12. The summed E-state index contributed by atoms with van der Waals surface area (Å²) >= 11 is 0. The molecular formula is C6H17NS2. The van der Waals surface area contributed by atoms with Gasteiger partial charge in [-0.3, -0.25) is 0 Å². The quantitative estimate of drug-likeness (QED) is 0.577. The van der Waals surface area contributed by atoms with Crippen molar-refractivity contribution in [1.29, 1.82) is 0 Å². The van der Waals surface area contributed by atoms with Gasteiger partial charge in [0.25, 0.3) is 0 Å². The predicted octanol–water partition coefficient (Wildman–Crippen LogP) is 1.55. The highest BCUT2D eigenvalue weighted by molar-refractivity contribution is 8.47. The van der Waals surface area contributed by atoms with Gasteiger partial charge in [0.2, 0.25) is 0 Å². The van der Waals surface area contributed by atoms with Gasteiger partial charge in [-0.2, -0.15) is 20.4 Å². The Hall–Kier alpha value is 0.660. The minimum Gasteiger partial charge on any atom is -0.245 e. The van der Waals surface area contributed by atoms with Gasteiger partial charge in [-0.1, -0.05) is 0 Å². The van der Waals surface area contributed by atoms with Crippen molar-refractivity contribution < 1.29 is 0 Å². The summed E-state index contributed by atoms with van der Waals surface area (Å²) in [5.74, 6) is 2.85. The van der Waals surface area contributed by atoms with Crippen LogP contribution in [0.15, 0.2) is 0 Å². The van der Waals surface area contributed by atoms with E-state index in [0.717, 1.165) is 0 Å². The maximum Gasteiger partial charge on any atom is -0.00193 e. The largest absolute Gasteiger partial charge is 0.245 e. The first kappa shape index (κ1) is 7.76. The van der Waals surface area contributed by atoms with E-state index in [1.807, 2.05) is 0 Å². The molecule has 0 amide bonds. The lowest BCUT2D eigenvalue weighted by Gasteiger charge is -2.32. The maximum absolute atomic E-state index is 3.74. The Morgan fingerprint density at radius 2 is 1.22 bits per heavy atom. The van der Waals surface area contributed by atoms with E-state index < -0.39 is 0 Å². The minimum absolute atomic E-state index is 0.367. The molecule has 1 heterocycles. The van der Waals surface area contributed by atoms with Gasteiger partial charge in [-0.15, -0.1) is 0 Å². The lowest BCUT2D eigenvalue weighted by Crippen LogP contribution is -2.13. The molecule has 0 aromatic heterocycles. The molecule has 58 valence electrons. The summed E-state index contributed by atoms with van der Waals surface area (Å²) in [5, 5.41) is 0. The van der Waals surface area contributed by atoms with Crippen molar-refractivity contribution in [2.75, 3.05) is 36.5 Å². The monoisotopic (exact) mass is 167 g/mol. The second-order valence-electron chi connectivity index (χ2n) is 3.57. The average molecular weight is 167 g/mol. The zero-order valence-electron chi connectivity index (χ0n) is 6.73. The van der Waals surface area contributed by atoms with E-state index in [1.54, 1.807) is 0 Å². The van der Waals surface area contributed by atoms with E-state index in [-0.39, 0.29) is 20.4 Å². The number of rotatable bonds is 0. The molecule has 0 radical (unpaired) electrons. The van der Waals surface area contributed by atoms with Crippen LogP contribution in [0.4, 0.5) is 0 Å². The molecule has 1 N–H and O–H groups in total.